The van der Waals surface area contributed by atoms with Gasteiger partial charge in [0, 0.05) is 0 Å². The van der Waals surface area contributed by atoms with Gasteiger partial charge in [-0.15, -0.1) is 6.42 Å². The van der Waals surface area contributed by atoms with Crippen molar-refractivity contribution in [2.45, 2.75) is 26.9 Å². The van der Waals surface area contributed by atoms with E-state index in [0.29, 0.717) is 0 Å². The van der Waals surface area contributed by atoms with E-state index in [-0.39, 0.29) is 0 Å². The molecule has 0 aliphatic rings. The molecule has 0 N–H and O–H groups in total. The summed E-state index contributed by atoms with van der Waals surface area (Å²) in [5.74, 6) is 2.45. The highest BCUT2D eigenvalue weighted by molar-refractivity contribution is 5.59. The van der Waals surface area contributed by atoms with Crippen molar-refractivity contribution in [3.05, 3.63) is 40.5 Å². The molecular formula is C14H15F. The Morgan fingerprint density at radius 3 is 2.53 bits per heavy atom. The maximum absolute atomic E-state index is 13.2. The van der Waals surface area contributed by atoms with Gasteiger partial charge in [-0.1, -0.05) is 18.1 Å². The Bertz CT molecular complexity index is 420. The summed E-state index contributed by atoms with van der Waals surface area (Å²) >= 11 is 0. The fourth-order valence-electron chi connectivity index (χ4n) is 1.61. The van der Waals surface area contributed by atoms with Crippen LogP contribution < -0.4 is 0 Å². The van der Waals surface area contributed by atoms with Gasteiger partial charge in [0.2, 0.25) is 0 Å². The molecule has 0 heterocycles. The van der Waals surface area contributed by atoms with Crippen molar-refractivity contribution >= 4 is 6.08 Å². The molecular weight excluding hydrogens is 187 g/mol. The van der Waals surface area contributed by atoms with E-state index in [4.69, 9.17) is 6.42 Å². The van der Waals surface area contributed by atoms with E-state index >= 15 is 0 Å². The molecule has 78 valence electrons. The fourth-order valence-corrected chi connectivity index (χ4v) is 1.61. The number of halogens is 1. The van der Waals surface area contributed by atoms with Crippen LogP contribution >= 0.6 is 0 Å². The number of hydrogen-bond acceptors (Lipinski definition) is 0. The van der Waals surface area contributed by atoms with Crippen molar-refractivity contribution in [1.82, 2.24) is 0 Å². The Balaban J connectivity index is 3.22. The first kappa shape index (κ1) is 11.5. The minimum atomic E-state index is -0.922. The minimum absolute atomic E-state index is 0.755. The van der Waals surface area contributed by atoms with E-state index in [1.54, 1.807) is 13.0 Å². The molecule has 0 fully saturated rings. The molecule has 0 aliphatic carbocycles. The zero-order valence-corrected chi connectivity index (χ0v) is 9.34. The molecule has 0 nitrogen and oxygen atoms in total. The average molecular weight is 202 g/mol. The first-order valence-electron chi connectivity index (χ1n) is 4.94. The molecule has 0 radical (unpaired) electrons. The molecule has 1 aromatic rings. The Kier molecular flexibility index (Phi) is 3.68. The maximum Gasteiger partial charge on any atom is 0.123 e. The number of hydrogen-bond donors (Lipinski definition) is 0. The molecule has 1 heteroatoms. The van der Waals surface area contributed by atoms with Crippen molar-refractivity contribution in [1.29, 1.82) is 0 Å². The quantitative estimate of drug-likeness (QED) is 0.636. The van der Waals surface area contributed by atoms with Crippen LogP contribution in [0, 0.1) is 26.2 Å². The van der Waals surface area contributed by atoms with Gasteiger partial charge in [-0.25, -0.2) is 4.39 Å². The van der Waals surface area contributed by atoms with Crippen LogP contribution in [0.1, 0.15) is 35.3 Å². The Morgan fingerprint density at radius 1 is 1.33 bits per heavy atom. The van der Waals surface area contributed by atoms with E-state index in [1.165, 1.54) is 0 Å². The van der Waals surface area contributed by atoms with Crippen molar-refractivity contribution < 1.29 is 4.39 Å². The first-order valence-corrected chi connectivity index (χ1v) is 4.94. The van der Waals surface area contributed by atoms with E-state index in [2.05, 4.69) is 5.92 Å². The van der Waals surface area contributed by atoms with Gasteiger partial charge in [0.15, 0.2) is 0 Å². The molecule has 1 atom stereocenters. The van der Waals surface area contributed by atoms with Crippen LogP contribution in [0.15, 0.2) is 18.2 Å². The fraction of sp³-hybridized carbons (Fsp3) is 0.286. The molecule has 0 aliphatic heterocycles. The van der Waals surface area contributed by atoms with Crippen molar-refractivity contribution in [3.8, 4) is 12.3 Å². The van der Waals surface area contributed by atoms with Gasteiger partial charge in [0.1, 0.15) is 6.17 Å². The Morgan fingerprint density at radius 2 is 2.00 bits per heavy atom. The standard InChI is InChI=1S/C14H15F/c1-5-6-7-13-8-9-14(12(4)15)11(3)10(13)2/h1,6-9,12H,2-4H3/b7-6-. The summed E-state index contributed by atoms with van der Waals surface area (Å²) in [6.07, 6.45) is 7.75. The van der Waals surface area contributed by atoms with Crippen LogP contribution in [0.25, 0.3) is 6.08 Å². The third-order valence-electron chi connectivity index (χ3n) is 2.66. The van der Waals surface area contributed by atoms with E-state index in [9.17, 15) is 4.39 Å². The summed E-state index contributed by atoms with van der Waals surface area (Å²) in [4.78, 5) is 0. The second kappa shape index (κ2) is 4.79. The van der Waals surface area contributed by atoms with Crippen LogP contribution in [0.3, 0.4) is 0 Å². The SMILES string of the molecule is C#C/C=C\c1ccc(C(C)F)c(C)c1C. The number of alkyl halides is 1. The van der Waals surface area contributed by atoms with Crippen LogP contribution in [-0.2, 0) is 0 Å². The summed E-state index contributed by atoms with van der Waals surface area (Å²) < 4.78 is 13.2. The highest BCUT2D eigenvalue weighted by atomic mass is 19.1. The zero-order valence-electron chi connectivity index (χ0n) is 9.34. The second-order valence-electron chi connectivity index (χ2n) is 3.61. The van der Waals surface area contributed by atoms with E-state index in [0.717, 1.165) is 22.3 Å². The Labute approximate surface area is 90.8 Å². The molecule has 0 saturated heterocycles. The van der Waals surface area contributed by atoms with Crippen molar-refractivity contribution in [2.24, 2.45) is 0 Å². The van der Waals surface area contributed by atoms with Gasteiger partial charge in [-0.3, -0.25) is 0 Å². The van der Waals surface area contributed by atoms with Gasteiger partial charge in [0.05, 0.1) is 0 Å². The summed E-state index contributed by atoms with van der Waals surface area (Å²) in [6, 6.07) is 3.73. The number of benzene rings is 1. The van der Waals surface area contributed by atoms with Gasteiger partial charge < -0.3 is 0 Å². The number of allylic oxidation sites excluding steroid dienone is 1. The van der Waals surface area contributed by atoms with Gasteiger partial charge >= 0.3 is 0 Å². The normalized spacial score (nSPS) is 12.7. The highest BCUT2D eigenvalue weighted by Gasteiger charge is 2.09. The van der Waals surface area contributed by atoms with Crippen molar-refractivity contribution in [2.75, 3.05) is 0 Å². The maximum atomic E-state index is 13.2. The third-order valence-corrected chi connectivity index (χ3v) is 2.66. The van der Waals surface area contributed by atoms with Gasteiger partial charge in [0.25, 0.3) is 0 Å². The molecule has 0 amide bonds. The van der Waals surface area contributed by atoms with Crippen LogP contribution in [-0.4, -0.2) is 0 Å². The summed E-state index contributed by atoms with van der Waals surface area (Å²) in [5.41, 5.74) is 3.90. The van der Waals surface area contributed by atoms with Gasteiger partial charge in [-0.2, -0.15) is 0 Å². The lowest BCUT2D eigenvalue weighted by Crippen LogP contribution is -1.95. The summed E-state index contributed by atoms with van der Waals surface area (Å²) in [7, 11) is 0. The lowest BCUT2D eigenvalue weighted by molar-refractivity contribution is 0.372. The van der Waals surface area contributed by atoms with Crippen LogP contribution in [0.2, 0.25) is 0 Å². The molecule has 1 unspecified atom stereocenters. The van der Waals surface area contributed by atoms with E-state index < -0.39 is 6.17 Å². The predicted molar refractivity (Wildman–Crippen MR) is 63.3 cm³/mol. The lowest BCUT2D eigenvalue weighted by atomic mass is 9.96. The molecule has 0 spiro atoms. The molecule has 0 bridgehead atoms. The van der Waals surface area contributed by atoms with Crippen molar-refractivity contribution in [3.63, 3.8) is 0 Å². The van der Waals surface area contributed by atoms with E-state index in [1.807, 2.05) is 32.1 Å². The second-order valence-corrected chi connectivity index (χ2v) is 3.61. The molecule has 0 aromatic heterocycles. The predicted octanol–water partition coefficient (Wildman–Crippen LogP) is 3.98. The molecule has 1 aromatic carbocycles. The molecule has 1 rings (SSSR count). The topological polar surface area (TPSA) is 0 Å². The smallest absolute Gasteiger partial charge is 0.123 e. The molecule has 0 saturated carbocycles. The minimum Gasteiger partial charge on any atom is -0.243 e. The summed E-state index contributed by atoms with van der Waals surface area (Å²) in [6.45, 7) is 5.48. The largest absolute Gasteiger partial charge is 0.243 e. The third kappa shape index (κ3) is 2.47. The number of terminal acetylenes is 1. The zero-order chi connectivity index (χ0) is 11.4. The summed E-state index contributed by atoms with van der Waals surface area (Å²) in [5, 5.41) is 0. The van der Waals surface area contributed by atoms with Crippen LogP contribution in [0.5, 0.6) is 0 Å². The average Bonchev–Trinajstić information content (AvgIpc) is 2.20. The highest BCUT2D eigenvalue weighted by Crippen LogP contribution is 2.25. The van der Waals surface area contributed by atoms with Crippen LogP contribution in [0.4, 0.5) is 4.39 Å². The molecule has 15 heavy (non-hydrogen) atoms. The van der Waals surface area contributed by atoms with Gasteiger partial charge in [-0.05, 0) is 55.2 Å². The monoisotopic (exact) mass is 202 g/mol. The number of rotatable bonds is 2. The first-order chi connectivity index (χ1) is 7.07. The lowest BCUT2D eigenvalue weighted by Gasteiger charge is -2.12. The Hall–Kier alpha value is -1.55.